The van der Waals surface area contributed by atoms with E-state index in [1.54, 1.807) is 35.2 Å². The molecule has 1 fully saturated rings. The van der Waals surface area contributed by atoms with Crippen molar-refractivity contribution in [2.24, 2.45) is 0 Å². The van der Waals surface area contributed by atoms with Crippen LogP contribution in [0.2, 0.25) is 0 Å². The first kappa shape index (κ1) is 17.6. The highest BCUT2D eigenvalue weighted by atomic mass is 16.5. The van der Waals surface area contributed by atoms with Crippen LogP contribution in [0.25, 0.3) is 10.9 Å². The van der Waals surface area contributed by atoms with Crippen LogP contribution in [0, 0.1) is 0 Å². The molecule has 3 heterocycles. The number of rotatable bonds is 2. The molecule has 2 aliphatic heterocycles. The molecule has 0 bridgehead atoms. The van der Waals surface area contributed by atoms with E-state index < -0.39 is 5.60 Å². The van der Waals surface area contributed by atoms with Gasteiger partial charge in [0.15, 0.2) is 5.78 Å². The number of carbonyl (C=O) groups is 2. The van der Waals surface area contributed by atoms with Crippen molar-refractivity contribution >= 4 is 22.6 Å². The molecule has 1 aromatic heterocycles. The standard InChI is InChI=1S/C22H19N3O4/c26-18-11-22(29-19-8-4-2-6-16(18)19)9-10-24(13-22)20(27)12-25-14-23-17-7-3-1-5-15(17)21(25)28/h1-8,14H,9-13H2. The van der Waals surface area contributed by atoms with E-state index in [1.807, 2.05) is 18.2 Å². The molecule has 0 aliphatic carbocycles. The fourth-order valence-corrected chi connectivity index (χ4v) is 4.19. The van der Waals surface area contributed by atoms with Gasteiger partial charge in [0.1, 0.15) is 17.9 Å². The number of fused-ring (bicyclic) bond motifs is 2. The molecule has 0 saturated carbocycles. The summed E-state index contributed by atoms with van der Waals surface area (Å²) < 4.78 is 7.50. The molecule has 5 rings (SSSR count). The number of hydrogen-bond donors (Lipinski definition) is 0. The highest BCUT2D eigenvalue weighted by molar-refractivity contribution is 6.00. The average molecular weight is 389 g/mol. The van der Waals surface area contributed by atoms with Gasteiger partial charge < -0.3 is 9.64 Å². The molecule has 7 nitrogen and oxygen atoms in total. The largest absolute Gasteiger partial charge is 0.484 e. The van der Waals surface area contributed by atoms with Gasteiger partial charge in [0.05, 0.1) is 35.8 Å². The minimum Gasteiger partial charge on any atom is -0.484 e. The summed E-state index contributed by atoms with van der Waals surface area (Å²) in [6, 6.07) is 14.3. The van der Waals surface area contributed by atoms with Crippen LogP contribution in [0.5, 0.6) is 5.75 Å². The number of likely N-dealkylation sites (tertiary alicyclic amines) is 1. The number of aromatic nitrogens is 2. The van der Waals surface area contributed by atoms with Crippen molar-refractivity contribution in [2.45, 2.75) is 25.0 Å². The van der Waals surface area contributed by atoms with Crippen molar-refractivity contribution in [1.29, 1.82) is 0 Å². The van der Waals surface area contributed by atoms with Crippen LogP contribution < -0.4 is 10.3 Å². The third-order valence-electron chi connectivity index (χ3n) is 5.70. The summed E-state index contributed by atoms with van der Waals surface area (Å²) >= 11 is 0. The maximum atomic E-state index is 12.9. The van der Waals surface area contributed by atoms with Crippen molar-refractivity contribution < 1.29 is 14.3 Å². The normalized spacial score (nSPS) is 20.7. The Kier molecular flexibility index (Phi) is 3.97. The van der Waals surface area contributed by atoms with Crippen molar-refractivity contribution in [3.05, 3.63) is 70.8 Å². The van der Waals surface area contributed by atoms with Gasteiger partial charge in [0, 0.05) is 13.0 Å². The van der Waals surface area contributed by atoms with Crippen LogP contribution in [-0.2, 0) is 11.3 Å². The Morgan fingerprint density at radius 2 is 1.90 bits per heavy atom. The lowest BCUT2D eigenvalue weighted by Crippen LogP contribution is -2.46. The first-order chi connectivity index (χ1) is 14.0. The predicted octanol–water partition coefficient (Wildman–Crippen LogP) is 2.03. The Balaban J connectivity index is 1.35. The summed E-state index contributed by atoms with van der Waals surface area (Å²) in [7, 11) is 0. The average Bonchev–Trinajstić information content (AvgIpc) is 3.13. The molecular formula is C22H19N3O4. The van der Waals surface area contributed by atoms with E-state index in [1.165, 1.54) is 10.9 Å². The van der Waals surface area contributed by atoms with Crippen LogP contribution >= 0.6 is 0 Å². The zero-order valence-electron chi connectivity index (χ0n) is 15.7. The summed E-state index contributed by atoms with van der Waals surface area (Å²) in [5, 5.41) is 0.485. The molecule has 7 heteroatoms. The van der Waals surface area contributed by atoms with Crippen molar-refractivity contribution in [1.82, 2.24) is 14.5 Å². The van der Waals surface area contributed by atoms with Gasteiger partial charge in [-0.1, -0.05) is 24.3 Å². The molecule has 1 spiro atoms. The van der Waals surface area contributed by atoms with E-state index in [9.17, 15) is 14.4 Å². The first-order valence-electron chi connectivity index (χ1n) is 9.58. The van der Waals surface area contributed by atoms with Crippen LogP contribution in [0.3, 0.4) is 0 Å². The molecule has 2 aliphatic rings. The zero-order chi connectivity index (χ0) is 20.0. The number of ether oxygens (including phenoxy) is 1. The molecular weight excluding hydrogens is 370 g/mol. The zero-order valence-corrected chi connectivity index (χ0v) is 15.7. The van der Waals surface area contributed by atoms with Gasteiger partial charge in [-0.05, 0) is 24.3 Å². The second-order valence-corrected chi connectivity index (χ2v) is 7.64. The van der Waals surface area contributed by atoms with Crippen molar-refractivity contribution in [3.63, 3.8) is 0 Å². The monoisotopic (exact) mass is 389 g/mol. The lowest BCUT2D eigenvalue weighted by molar-refractivity contribution is -0.131. The highest BCUT2D eigenvalue weighted by Gasteiger charge is 2.46. The van der Waals surface area contributed by atoms with E-state index in [-0.39, 0.29) is 30.2 Å². The van der Waals surface area contributed by atoms with Crippen molar-refractivity contribution in [2.75, 3.05) is 13.1 Å². The maximum absolute atomic E-state index is 12.9. The number of ketones is 1. The van der Waals surface area contributed by atoms with Gasteiger partial charge in [0.2, 0.25) is 5.91 Å². The van der Waals surface area contributed by atoms with Crippen LogP contribution in [0.4, 0.5) is 0 Å². The molecule has 0 N–H and O–H groups in total. The Hall–Kier alpha value is -3.48. The third kappa shape index (κ3) is 2.99. The van der Waals surface area contributed by atoms with Gasteiger partial charge in [-0.3, -0.25) is 19.0 Å². The van der Waals surface area contributed by atoms with E-state index in [0.29, 0.717) is 41.7 Å². The third-order valence-corrected chi connectivity index (χ3v) is 5.70. The molecule has 1 saturated heterocycles. The fourth-order valence-electron chi connectivity index (χ4n) is 4.19. The SMILES string of the molecule is O=C1CC2(CCN(C(=O)Cn3cnc4ccccc4c3=O)C2)Oc2ccccc21. The van der Waals surface area contributed by atoms with Crippen LogP contribution in [-0.4, -0.2) is 44.8 Å². The van der Waals surface area contributed by atoms with E-state index in [4.69, 9.17) is 4.74 Å². The van der Waals surface area contributed by atoms with Gasteiger partial charge in [-0.15, -0.1) is 0 Å². The Morgan fingerprint density at radius 1 is 1.10 bits per heavy atom. The number of nitrogens with zero attached hydrogens (tertiary/aromatic N) is 3. The summed E-state index contributed by atoms with van der Waals surface area (Å²) in [6.07, 6.45) is 2.25. The smallest absolute Gasteiger partial charge is 0.261 e. The van der Waals surface area contributed by atoms with Gasteiger partial charge >= 0.3 is 0 Å². The van der Waals surface area contributed by atoms with Gasteiger partial charge in [0.25, 0.3) is 5.56 Å². The molecule has 29 heavy (non-hydrogen) atoms. The van der Waals surface area contributed by atoms with Gasteiger partial charge in [-0.25, -0.2) is 4.98 Å². The van der Waals surface area contributed by atoms with Crippen LogP contribution in [0.1, 0.15) is 23.2 Å². The Bertz CT molecular complexity index is 1200. The minimum absolute atomic E-state index is 0.0381. The highest BCUT2D eigenvalue weighted by Crippen LogP contribution is 2.38. The number of amides is 1. The summed E-state index contributed by atoms with van der Waals surface area (Å²) in [5.41, 5.74) is 0.273. The number of para-hydroxylation sites is 2. The fraction of sp³-hybridized carbons (Fsp3) is 0.273. The van der Waals surface area contributed by atoms with E-state index in [0.717, 1.165) is 0 Å². The van der Waals surface area contributed by atoms with Crippen LogP contribution in [0.15, 0.2) is 59.7 Å². The summed E-state index contributed by atoms with van der Waals surface area (Å²) in [5.74, 6) is 0.431. The Labute approximate surface area is 166 Å². The molecule has 1 atom stereocenters. The maximum Gasteiger partial charge on any atom is 0.261 e. The summed E-state index contributed by atoms with van der Waals surface area (Å²) in [4.78, 5) is 44.0. The minimum atomic E-state index is -0.687. The number of hydrogen-bond acceptors (Lipinski definition) is 5. The van der Waals surface area contributed by atoms with E-state index in [2.05, 4.69) is 4.98 Å². The first-order valence-corrected chi connectivity index (χ1v) is 9.58. The predicted molar refractivity (Wildman–Crippen MR) is 106 cm³/mol. The molecule has 1 amide bonds. The molecule has 146 valence electrons. The lowest BCUT2D eigenvalue weighted by Gasteiger charge is -2.34. The Morgan fingerprint density at radius 3 is 2.79 bits per heavy atom. The second kappa shape index (κ2) is 6.55. The second-order valence-electron chi connectivity index (χ2n) is 7.64. The van der Waals surface area contributed by atoms with Crippen molar-refractivity contribution in [3.8, 4) is 5.75 Å². The molecule has 0 radical (unpaired) electrons. The molecule has 3 aromatic rings. The summed E-state index contributed by atoms with van der Waals surface area (Å²) in [6.45, 7) is 0.739. The number of Topliss-reactive ketones (excluding diaryl/α,β-unsaturated/α-hetero) is 1. The molecule has 1 unspecified atom stereocenters. The number of carbonyl (C=O) groups excluding carboxylic acids is 2. The number of benzene rings is 2. The van der Waals surface area contributed by atoms with Gasteiger partial charge in [-0.2, -0.15) is 0 Å². The molecule has 2 aromatic carbocycles. The lowest BCUT2D eigenvalue weighted by atomic mass is 9.89. The van der Waals surface area contributed by atoms with E-state index >= 15 is 0 Å². The topological polar surface area (TPSA) is 81.5 Å². The quantitative estimate of drug-likeness (QED) is 0.670.